The first-order valence-corrected chi connectivity index (χ1v) is 2.84. The van der Waals surface area contributed by atoms with Crippen molar-refractivity contribution in [3.05, 3.63) is 0 Å². The Bertz CT molecular complexity index is 84.5. The molecule has 0 amide bonds. The van der Waals surface area contributed by atoms with Crippen LogP contribution in [0.25, 0.3) is 0 Å². The molecule has 0 aliphatic heterocycles. The molecule has 0 N–H and O–H groups in total. The fourth-order valence-corrected chi connectivity index (χ4v) is 0.339. The Morgan fingerprint density at radius 1 is 1.38 bits per heavy atom. The summed E-state index contributed by atoms with van der Waals surface area (Å²) in [6, 6.07) is 0. The summed E-state index contributed by atoms with van der Waals surface area (Å²) in [7, 11) is 0. The Morgan fingerprint density at radius 2 is 2.12 bits per heavy atom. The molecule has 0 aliphatic rings. The highest BCUT2D eigenvalue weighted by molar-refractivity contribution is 5.63. The number of hydrogen-bond acceptors (Lipinski definition) is 2. The Morgan fingerprint density at radius 3 is 2.62 bits per heavy atom. The van der Waals surface area contributed by atoms with Gasteiger partial charge in [-0.3, -0.25) is 9.98 Å². The molecule has 46 valence electrons. The third kappa shape index (κ3) is 5.34. The fourth-order valence-electron chi connectivity index (χ4n) is 0.339. The van der Waals surface area contributed by atoms with Crippen molar-refractivity contribution in [2.45, 2.75) is 13.8 Å². The minimum absolute atomic E-state index is 0.727. The van der Waals surface area contributed by atoms with E-state index in [1.165, 1.54) is 0 Å². The van der Waals surface area contributed by atoms with Crippen molar-refractivity contribution in [2.75, 3.05) is 13.1 Å². The van der Waals surface area contributed by atoms with Crippen LogP contribution in [0.2, 0.25) is 0 Å². The minimum atomic E-state index is 0.727. The van der Waals surface area contributed by atoms with Crippen molar-refractivity contribution in [3.8, 4) is 0 Å². The molecule has 0 heterocycles. The maximum Gasteiger partial charge on any atom is 0.0733 e. The van der Waals surface area contributed by atoms with Crippen molar-refractivity contribution in [1.82, 2.24) is 0 Å². The Balaban J connectivity index is 3.03. The lowest BCUT2D eigenvalue weighted by Crippen LogP contribution is -1.81. The SMILES string of the molecule is CC=NCC=NCC. The summed E-state index contributed by atoms with van der Waals surface area (Å²) in [4.78, 5) is 7.91. The van der Waals surface area contributed by atoms with Crippen LogP contribution in [0.5, 0.6) is 0 Å². The second-order valence-corrected chi connectivity index (χ2v) is 1.30. The molecule has 2 nitrogen and oxygen atoms in total. The van der Waals surface area contributed by atoms with Gasteiger partial charge in [0.1, 0.15) is 0 Å². The lowest BCUT2D eigenvalue weighted by Gasteiger charge is -1.78. The van der Waals surface area contributed by atoms with E-state index in [0.717, 1.165) is 13.1 Å². The first-order chi connectivity index (χ1) is 3.91. The topological polar surface area (TPSA) is 24.7 Å². The van der Waals surface area contributed by atoms with E-state index in [-0.39, 0.29) is 0 Å². The van der Waals surface area contributed by atoms with E-state index >= 15 is 0 Å². The van der Waals surface area contributed by atoms with E-state index in [4.69, 9.17) is 0 Å². The zero-order valence-corrected chi connectivity index (χ0v) is 5.46. The van der Waals surface area contributed by atoms with Gasteiger partial charge in [-0.25, -0.2) is 0 Å². The van der Waals surface area contributed by atoms with E-state index in [1.807, 2.05) is 20.1 Å². The maximum absolute atomic E-state index is 3.97. The van der Waals surface area contributed by atoms with Crippen molar-refractivity contribution in [3.63, 3.8) is 0 Å². The monoisotopic (exact) mass is 112 g/mol. The molecule has 0 bridgehead atoms. The largest absolute Gasteiger partial charge is 0.296 e. The summed E-state index contributed by atoms with van der Waals surface area (Å²) in [6.45, 7) is 5.50. The van der Waals surface area contributed by atoms with Crippen LogP contribution in [-0.4, -0.2) is 25.5 Å². The van der Waals surface area contributed by atoms with Crippen LogP contribution in [0, 0.1) is 0 Å². The standard InChI is InChI=1S/C6H12N2/c1-3-7-5-6-8-4-2/h3,6H,4-5H2,1-2H3. The van der Waals surface area contributed by atoms with Gasteiger partial charge in [-0.15, -0.1) is 0 Å². The van der Waals surface area contributed by atoms with Crippen molar-refractivity contribution in [2.24, 2.45) is 9.98 Å². The highest BCUT2D eigenvalue weighted by atomic mass is 14.8. The van der Waals surface area contributed by atoms with Crippen LogP contribution >= 0.6 is 0 Å². The van der Waals surface area contributed by atoms with Gasteiger partial charge in [0.15, 0.2) is 0 Å². The molecule has 0 aliphatic carbocycles. The molecule has 8 heavy (non-hydrogen) atoms. The van der Waals surface area contributed by atoms with E-state index in [0.29, 0.717) is 0 Å². The quantitative estimate of drug-likeness (QED) is 0.489. The van der Waals surface area contributed by atoms with Crippen LogP contribution in [-0.2, 0) is 0 Å². The summed E-state index contributed by atoms with van der Waals surface area (Å²) in [5.74, 6) is 0. The Hall–Kier alpha value is -0.660. The zero-order valence-electron chi connectivity index (χ0n) is 5.46. The minimum Gasteiger partial charge on any atom is -0.296 e. The molecule has 0 rings (SSSR count). The van der Waals surface area contributed by atoms with Crippen LogP contribution in [0.3, 0.4) is 0 Å². The number of aliphatic imine (C=N–C) groups is 2. The van der Waals surface area contributed by atoms with Gasteiger partial charge in [0, 0.05) is 12.8 Å². The first kappa shape index (κ1) is 7.34. The maximum atomic E-state index is 3.97. The van der Waals surface area contributed by atoms with Gasteiger partial charge in [-0.05, 0) is 20.1 Å². The van der Waals surface area contributed by atoms with E-state index in [9.17, 15) is 0 Å². The molecule has 0 spiro atoms. The average Bonchev–Trinajstić information content (AvgIpc) is 1.81. The molecule has 0 fully saturated rings. The predicted octanol–water partition coefficient (Wildman–Crippen LogP) is 1.17. The summed E-state index contributed by atoms with van der Waals surface area (Å²) in [6.07, 6.45) is 3.60. The van der Waals surface area contributed by atoms with Gasteiger partial charge in [-0.1, -0.05) is 0 Å². The molecule has 2 heteroatoms. The summed E-state index contributed by atoms with van der Waals surface area (Å²) < 4.78 is 0. The molecule has 0 saturated carbocycles. The molecule has 0 saturated heterocycles. The lowest BCUT2D eigenvalue weighted by atomic mass is 10.7. The van der Waals surface area contributed by atoms with E-state index < -0.39 is 0 Å². The second kappa shape index (κ2) is 6.34. The molecule has 0 radical (unpaired) electrons. The van der Waals surface area contributed by atoms with E-state index in [1.54, 1.807) is 6.21 Å². The Labute approximate surface area is 50.4 Å². The summed E-state index contributed by atoms with van der Waals surface area (Å²) in [5, 5.41) is 0. The number of nitrogens with zero attached hydrogens (tertiary/aromatic N) is 2. The molecular weight excluding hydrogens is 100 g/mol. The third-order valence-corrected chi connectivity index (χ3v) is 0.681. The Kier molecular flexibility index (Phi) is 5.82. The van der Waals surface area contributed by atoms with Crippen molar-refractivity contribution in [1.29, 1.82) is 0 Å². The average molecular weight is 112 g/mol. The highest BCUT2D eigenvalue weighted by Crippen LogP contribution is 1.65. The smallest absolute Gasteiger partial charge is 0.0733 e. The van der Waals surface area contributed by atoms with Crippen LogP contribution in [0.4, 0.5) is 0 Å². The van der Waals surface area contributed by atoms with Crippen LogP contribution < -0.4 is 0 Å². The molecular formula is C6H12N2. The van der Waals surface area contributed by atoms with Gasteiger partial charge in [0.05, 0.1) is 6.54 Å². The van der Waals surface area contributed by atoms with Gasteiger partial charge >= 0.3 is 0 Å². The van der Waals surface area contributed by atoms with Gasteiger partial charge in [0.25, 0.3) is 0 Å². The van der Waals surface area contributed by atoms with Crippen molar-refractivity contribution >= 4 is 12.4 Å². The third-order valence-electron chi connectivity index (χ3n) is 0.681. The number of rotatable bonds is 3. The summed E-state index contributed by atoms with van der Waals surface area (Å²) >= 11 is 0. The second-order valence-electron chi connectivity index (χ2n) is 1.30. The molecule has 0 aromatic rings. The number of hydrogen-bond donors (Lipinski definition) is 0. The van der Waals surface area contributed by atoms with Gasteiger partial charge in [-0.2, -0.15) is 0 Å². The normalized spacial score (nSPS) is 11.8. The highest BCUT2D eigenvalue weighted by Gasteiger charge is 1.65. The predicted molar refractivity (Wildman–Crippen MR) is 38.1 cm³/mol. The van der Waals surface area contributed by atoms with Crippen LogP contribution in [0.1, 0.15) is 13.8 Å². The molecule has 0 atom stereocenters. The van der Waals surface area contributed by atoms with Gasteiger partial charge < -0.3 is 0 Å². The van der Waals surface area contributed by atoms with E-state index in [2.05, 4.69) is 9.98 Å². The first-order valence-electron chi connectivity index (χ1n) is 2.84. The zero-order chi connectivity index (χ0) is 6.24. The van der Waals surface area contributed by atoms with Crippen molar-refractivity contribution < 1.29 is 0 Å². The lowest BCUT2D eigenvalue weighted by molar-refractivity contribution is 1.13. The fraction of sp³-hybridized carbons (Fsp3) is 0.667. The van der Waals surface area contributed by atoms with Gasteiger partial charge in [0.2, 0.25) is 0 Å². The summed E-state index contributed by atoms with van der Waals surface area (Å²) in [5.41, 5.74) is 0. The molecule has 0 aromatic carbocycles. The molecule has 0 aromatic heterocycles. The van der Waals surface area contributed by atoms with Crippen LogP contribution in [0.15, 0.2) is 9.98 Å². The molecule has 0 unspecified atom stereocenters.